The molecule has 19 heavy (non-hydrogen) atoms. The van der Waals surface area contributed by atoms with Crippen molar-refractivity contribution in [3.63, 3.8) is 0 Å². The summed E-state index contributed by atoms with van der Waals surface area (Å²) in [5.74, 6) is 8.07. The lowest BCUT2D eigenvalue weighted by Crippen LogP contribution is -2.39. The van der Waals surface area contributed by atoms with E-state index in [1.165, 1.54) is 12.0 Å². The third-order valence-corrected chi connectivity index (χ3v) is 4.12. The number of rotatable bonds is 5. The highest BCUT2D eigenvalue weighted by atomic mass is 15.2. The molecular weight excluding hydrogens is 236 g/mol. The first-order chi connectivity index (χ1) is 9.29. The molecule has 0 bridgehead atoms. The fourth-order valence-corrected chi connectivity index (χ4v) is 2.87. The molecule has 1 heterocycles. The quantitative estimate of drug-likeness (QED) is 0.631. The van der Waals surface area contributed by atoms with Gasteiger partial charge in [0, 0.05) is 31.9 Å². The van der Waals surface area contributed by atoms with Crippen molar-refractivity contribution in [1.82, 2.24) is 15.0 Å². The van der Waals surface area contributed by atoms with Crippen molar-refractivity contribution in [2.24, 2.45) is 18.8 Å². The highest BCUT2D eigenvalue weighted by Crippen LogP contribution is 2.49. The summed E-state index contributed by atoms with van der Waals surface area (Å²) in [6.45, 7) is 0. The summed E-state index contributed by atoms with van der Waals surface area (Å²) in [4.78, 5) is 4.38. The third-order valence-electron chi connectivity index (χ3n) is 4.12. The summed E-state index contributed by atoms with van der Waals surface area (Å²) < 4.78 is 2.06. The van der Waals surface area contributed by atoms with Crippen molar-refractivity contribution < 1.29 is 0 Å². The molecule has 1 aliphatic rings. The fourth-order valence-electron chi connectivity index (χ4n) is 2.87. The minimum Gasteiger partial charge on any atom is -0.338 e. The Labute approximate surface area is 113 Å². The molecule has 1 aliphatic carbocycles. The second-order valence-corrected chi connectivity index (χ2v) is 5.35. The van der Waals surface area contributed by atoms with E-state index in [1.807, 2.05) is 19.4 Å². The molecule has 0 spiro atoms. The Morgan fingerprint density at radius 1 is 1.42 bits per heavy atom. The molecule has 2 aromatic rings. The molecule has 1 saturated carbocycles. The summed E-state index contributed by atoms with van der Waals surface area (Å²) in [7, 11) is 2.03. The van der Waals surface area contributed by atoms with E-state index in [0.29, 0.717) is 17.9 Å². The first-order valence-corrected chi connectivity index (χ1v) is 6.77. The lowest BCUT2D eigenvalue weighted by molar-refractivity contribution is 0.451. The van der Waals surface area contributed by atoms with Crippen molar-refractivity contribution in [3.8, 4) is 0 Å². The molecule has 0 radical (unpaired) electrons. The molecule has 1 aromatic heterocycles. The minimum atomic E-state index is 0.298. The van der Waals surface area contributed by atoms with Gasteiger partial charge in [0.1, 0.15) is 5.82 Å². The van der Waals surface area contributed by atoms with E-state index in [4.69, 9.17) is 5.84 Å². The van der Waals surface area contributed by atoms with Crippen LogP contribution in [0.3, 0.4) is 0 Å². The van der Waals surface area contributed by atoms with Crippen LogP contribution in [0, 0.1) is 5.92 Å². The Bertz CT molecular complexity index is 534. The third kappa shape index (κ3) is 2.55. The van der Waals surface area contributed by atoms with E-state index < -0.39 is 0 Å². The van der Waals surface area contributed by atoms with Gasteiger partial charge in [-0.25, -0.2) is 4.98 Å². The fraction of sp³-hybridized carbons (Fsp3) is 0.400. The van der Waals surface area contributed by atoms with Gasteiger partial charge < -0.3 is 4.57 Å². The monoisotopic (exact) mass is 256 g/mol. The van der Waals surface area contributed by atoms with Crippen LogP contribution in [-0.2, 0) is 13.5 Å². The average molecular weight is 256 g/mol. The lowest BCUT2D eigenvalue weighted by atomic mass is 10.0. The number of nitrogens with two attached hydrogens (primary N) is 1. The number of nitrogens with zero attached hydrogens (tertiary/aromatic N) is 2. The van der Waals surface area contributed by atoms with Crippen LogP contribution in [0.5, 0.6) is 0 Å². The van der Waals surface area contributed by atoms with Gasteiger partial charge in [0.2, 0.25) is 0 Å². The number of nitrogens with one attached hydrogen (secondary N) is 1. The van der Waals surface area contributed by atoms with E-state index in [1.54, 1.807) is 0 Å². The predicted octanol–water partition coefficient (Wildman–Crippen LogP) is 1.60. The maximum absolute atomic E-state index is 5.73. The molecule has 1 fully saturated rings. The van der Waals surface area contributed by atoms with Crippen LogP contribution in [0.15, 0.2) is 42.7 Å². The Morgan fingerprint density at radius 2 is 2.21 bits per heavy atom. The smallest absolute Gasteiger partial charge is 0.109 e. The predicted molar refractivity (Wildman–Crippen MR) is 75.3 cm³/mol. The van der Waals surface area contributed by atoms with Crippen LogP contribution in [0.4, 0.5) is 0 Å². The van der Waals surface area contributed by atoms with E-state index in [0.717, 1.165) is 12.2 Å². The van der Waals surface area contributed by atoms with E-state index >= 15 is 0 Å². The molecule has 100 valence electrons. The number of hydrazine groups is 1. The normalized spacial score (nSPS) is 23.3. The van der Waals surface area contributed by atoms with E-state index in [2.05, 4.69) is 45.3 Å². The second-order valence-electron chi connectivity index (χ2n) is 5.35. The van der Waals surface area contributed by atoms with E-state index in [9.17, 15) is 0 Å². The minimum absolute atomic E-state index is 0.298. The highest BCUT2D eigenvalue weighted by Gasteiger charge is 2.43. The molecule has 0 saturated heterocycles. The largest absolute Gasteiger partial charge is 0.338 e. The number of imidazole rings is 1. The number of aromatic nitrogens is 2. The highest BCUT2D eigenvalue weighted by molar-refractivity contribution is 5.27. The van der Waals surface area contributed by atoms with Crippen molar-refractivity contribution in [1.29, 1.82) is 0 Å². The SMILES string of the molecule is Cn1ccnc1CC(NN)C1CC1c1ccccc1. The van der Waals surface area contributed by atoms with Crippen molar-refractivity contribution in [2.45, 2.75) is 24.8 Å². The first kappa shape index (κ1) is 12.4. The molecule has 4 heteroatoms. The van der Waals surface area contributed by atoms with Crippen LogP contribution < -0.4 is 11.3 Å². The number of aryl methyl sites for hydroxylation is 1. The molecule has 0 aliphatic heterocycles. The number of hydrogen-bond donors (Lipinski definition) is 2. The molecule has 3 N–H and O–H groups in total. The molecule has 1 aromatic carbocycles. The molecule has 3 unspecified atom stereocenters. The van der Waals surface area contributed by atoms with Crippen molar-refractivity contribution >= 4 is 0 Å². The molecule has 3 atom stereocenters. The Balaban J connectivity index is 1.67. The summed E-state index contributed by atoms with van der Waals surface area (Å²) in [5.41, 5.74) is 4.40. The van der Waals surface area contributed by atoms with Gasteiger partial charge in [0.15, 0.2) is 0 Å². The standard InChI is InChI=1S/C15H20N4/c1-19-8-7-17-15(19)10-14(18-16)13-9-12(13)11-5-3-2-4-6-11/h2-8,12-14,18H,9-10,16H2,1H3. The average Bonchev–Trinajstić information content (AvgIpc) is 3.14. The summed E-state index contributed by atoms with van der Waals surface area (Å²) >= 11 is 0. The summed E-state index contributed by atoms with van der Waals surface area (Å²) in [6.07, 6.45) is 5.91. The van der Waals surface area contributed by atoms with Gasteiger partial charge in [0.25, 0.3) is 0 Å². The summed E-state index contributed by atoms with van der Waals surface area (Å²) in [5, 5.41) is 0. The first-order valence-electron chi connectivity index (χ1n) is 6.77. The number of hydrogen-bond acceptors (Lipinski definition) is 3. The molecule has 3 rings (SSSR count). The maximum atomic E-state index is 5.73. The topological polar surface area (TPSA) is 55.9 Å². The summed E-state index contributed by atoms with van der Waals surface area (Å²) in [6, 6.07) is 11.0. The zero-order valence-electron chi connectivity index (χ0n) is 11.2. The molecular formula is C15H20N4. The molecule has 0 amide bonds. The van der Waals surface area contributed by atoms with Gasteiger partial charge in [-0.05, 0) is 23.8 Å². The molecule has 4 nitrogen and oxygen atoms in total. The van der Waals surface area contributed by atoms with Crippen molar-refractivity contribution in [3.05, 3.63) is 54.1 Å². The second kappa shape index (κ2) is 5.15. The van der Waals surface area contributed by atoms with Gasteiger partial charge >= 0.3 is 0 Å². The number of benzene rings is 1. The van der Waals surface area contributed by atoms with Crippen LogP contribution >= 0.6 is 0 Å². The Kier molecular flexibility index (Phi) is 3.36. The Morgan fingerprint density at radius 3 is 2.84 bits per heavy atom. The van der Waals surface area contributed by atoms with Gasteiger partial charge in [-0.3, -0.25) is 11.3 Å². The van der Waals surface area contributed by atoms with Crippen LogP contribution in [0.25, 0.3) is 0 Å². The van der Waals surface area contributed by atoms with Gasteiger partial charge in [0.05, 0.1) is 0 Å². The maximum Gasteiger partial charge on any atom is 0.109 e. The van der Waals surface area contributed by atoms with Gasteiger partial charge in [-0.1, -0.05) is 30.3 Å². The zero-order chi connectivity index (χ0) is 13.2. The van der Waals surface area contributed by atoms with Crippen LogP contribution in [-0.4, -0.2) is 15.6 Å². The van der Waals surface area contributed by atoms with Gasteiger partial charge in [-0.15, -0.1) is 0 Å². The van der Waals surface area contributed by atoms with Crippen LogP contribution in [0.2, 0.25) is 0 Å². The van der Waals surface area contributed by atoms with E-state index in [-0.39, 0.29) is 0 Å². The van der Waals surface area contributed by atoms with Crippen LogP contribution in [0.1, 0.15) is 23.7 Å². The Hall–Kier alpha value is -1.65. The van der Waals surface area contributed by atoms with Crippen molar-refractivity contribution in [2.75, 3.05) is 0 Å². The lowest BCUT2D eigenvalue weighted by Gasteiger charge is -2.15. The zero-order valence-corrected chi connectivity index (χ0v) is 11.2. The van der Waals surface area contributed by atoms with Gasteiger partial charge in [-0.2, -0.15) is 0 Å².